The Labute approximate surface area is 155 Å². The van der Waals surface area contributed by atoms with Crippen molar-refractivity contribution < 1.29 is 0 Å². The summed E-state index contributed by atoms with van der Waals surface area (Å²) in [5.74, 6) is 0. The molecule has 5 nitrogen and oxygen atoms in total. The molecule has 0 N–H and O–H groups in total. The molecule has 4 aromatic rings. The normalized spacial score (nSPS) is 11.5. The van der Waals surface area contributed by atoms with Crippen LogP contribution in [-0.2, 0) is 12.8 Å². The summed E-state index contributed by atoms with van der Waals surface area (Å²) in [4.78, 5) is 18.7. The summed E-state index contributed by atoms with van der Waals surface area (Å²) in [6.45, 7) is 8.17. The molecule has 0 aliphatic heterocycles. The van der Waals surface area contributed by atoms with Gasteiger partial charge >= 0.3 is 0 Å². The molecule has 0 amide bonds. The fourth-order valence-corrected chi connectivity index (χ4v) is 4.68. The predicted octanol–water partition coefficient (Wildman–Crippen LogP) is 4.13. The van der Waals surface area contributed by atoms with E-state index in [0.717, 1.165) is 51.1 Å². The minimum absolute atomic E-state index is 0.120. The van der Waals surface area contributed by atoms with Crippen molar-refractivity contribution >= 4 is 31.8 Å². The minimum atomic E-state index is -0.120. The van der Waals surface area contributed by atoms with E-state index in [1.807, 2.05) is 38.1 Å². The van der Waals surface area contributed by atoms with E-state index in [1.54, 1.807) is 0 Å². The van der Waals surface area contributed by atoms with Crippen LogP contribution >= 0.6 is 11.3 Å². The summed E-state index contributed by atoms with van der Waals surface area (Å²) in [6.07, 6.45) is 1.67. The lowest BCUT2D eigenvalue weighted by molar-refractivity contribution is 0.725. The van der Waals surface area contributed by atoms with Crippen molar-refractivity contribution in [1.82, 2.24) is 20.0 Å². The number of aromatic nitrogens is 4. The first-order valence-electron chi connectivity index (χ1n) is 8.82. The van der Waals surface area contributed by atoms with Crippen LogP contribution in [0.1, 0.15) is 36.2 Å². The molecule has 3 aromatic heterocycles. The number of thiophene rings is 1. The number of hydrogen-bond acceptors (Lipinski definition) is 5. The Hall–Kier alpha value is -2.60. The van der Waals surface area contributed by atoms with Gasteiger partial charge in [-0.2, -0.15) is 4.68 Å². The van der Waals surface area contributed by atoms with Crippen LogP contribution in [0.15, 0.2) is 29.1 Å². The van der Waals surface area contributed by atoms with Gasteiger partial charge in [0.15, 0.2) is 0 Å². The molecule has 0 spiro atoms. The Balaban J connectivity index is 2.09. The third-order valence-electron chi connectivity index (χ3n) is 4.76. The molecule has 0 radical (unpaired) electrons. The topological polar surface area (TPSA) is 60.7 Å². The SMILES string of the molecule is CCc1cccc(CC)c1-n1nnc2c(sc3nc(C)cc(C)c32)c1=O. The lowest BCUT2D eigenvalue weighted by Crippen LogP contribution is -2.24. The van der Waals surface area contributed by atoms with Gasteiger partial charge in [0.25, 0.3) is 5.56 Å². The van der Waals surface area contributed by atoms with Crippen molar-refractivity contribution in [2.75, 3.05) is 0 Å². The van der Waals surface area contributed by atoms with E-state index in [4.69, 9.17) is 0 Å². The minimum Gasteiger partial charge on any atom is -0.266 e. The van der Waals surface area contributed by atoms with Crippen LogP contribution in [0.3, 0.4) is 0 Å². The van der Waals surface area contributed by atoms with Crippen LogP contribution in [0.4, 0.5) is 0 Å². The second kappa shape index (κ2) is 6.29. The number of rotatable bonds is 3. The molecule has 0 fully saturated rings. The third kappa shape index (κ3) is 2.44. The molecule has 3 heterocycles. The number of nitrogens with zero attached hydrogens (tertiary/aromatic N) is 4. The summed E-state index contributed by atoms with van der Waals surface area (Å²) in [5.41, 5.74) is 5.63. The highest BCUT2D eigenvalue weighted by molar-refractivity contribution is 7.25. The van der Waals surface area contributed by atoms with Gasteiger partial charge in [-0.25, -0.2) is 4.98 Å². The lowest BCUT2D eigenvalue weighted by atomic mass is 10.0. The lowest BCUT2D eigenvalue weighted by Gasteiger charge is -2.13. The zero-order valence-electron chi connectivity index (χ0n) is 15.3. The highest BCUT2D eigenvalue weighted by Crippen LogP contribution is 2.32. The molecule has 0 bridgehead atoms. The molecule has 0 saturated heterocycles. The Kier molecular flexibility index (Phi) is 4.07. The highest BCUT2D eigenvalue weighted by Gasteiger charge is 2.18. The second-order valence-corrected chi connectivity index (χ2v) is 7.48. The fourth-order valence-electron chi connectivity index (χ4n) is 3.52. The molecule has 0 aliphatic rings. The molecule has 0 atom stereocenters. The van der Waals surface area contributed by atoms with E-state index < -0.39 is 0 Å². The predicted molar refractivity (Wildman–Crippen MR) is 107 cm³/mol. The van der Waals surface area contributed by atoms with Crippen molar-refractivity contribution in [2.45, 2.75) is 40.5 Å². The number of benzene rings is 1. The first-order valence-corrected chi connectivity index (χ1v) is 9.64. The number of fused-ring (bicyclic) bond motifs is 3. The molecule has 0 saturated carbocycles. The van der Waals surface area contributed by atoms with Gasteiger partial charge in [-0.3, -0.25) is 4.79 Å². The number of para-hydroxylation sites is 1. The number of pyridine rings is 1. The molecule has 132 valence electrons. The molecule has 0 aliphatic carbocycles. The third-order valence-corrected chi connectivity index (χ3v) is 5.82. The molecule has 4 rings (SSSR count). The van der Waals surface area contributed by atoms with E-state index >= 15 is 0 Å². The largest absolute Gasteiger partial charge is 0.292 e. The van der Waals surface area contributed by atoms with Crippen LogP contribution in [0.25, 0.3) is 26.1 Å². The summed E-state index contributed by atoms with van der Waals surface area (Å²) in [7, 11) is 0. The van der Waals surface area contributed by atoms with Crippen molar-refractivity contribution in [2.24, 2.45) is 0 Å². The zero-order valence-corrected chi connectivity index (χ0v) is 16.1. The van der Waals surface area contributed by atoms with Gasteiger partial charge in [0.1, 0.15) is 15.0 Å². The zero-order chi connectivity index (χ0) is 18.4. The monoisotopic (exact) mass is 364 g/mol. The van der Waals surface area contributed by atoms with Crippen LogP contribution in [-0.4, -0.2) is 20.0 Å². The van der Waals surface area contributed by atoms with Crippen molar-refractivity contribution in [1.29, 1.82) is 0 Å². The van der Waals surface area contributed by atoms with E-state index in [9.17, 15) is 4.79 Å². The standard InChI is InChI=1S/C20H20N4OS/c1-5-13-8-7-9-14(6-2)17(13)24-20(25)18-16(22-23-24)15-11(3)10-12(4)21-19(15)26-18/h7-10H,5-6H2,1-4H3. The number of hydrogen-bond donors (Lipinski definition) is 0. The Bertz CT molecular complexity index is 1180. The molecule has 26 heavy (non-hydrogen) atoms. The molecular formula is C20H20N4OS. The maximum atomic E-state index is 13.3. The number of aryl methyl sites for hydroxylation is 4. The van der Waals surface area contributed by atoms with Gasteiger partial charge in [-0.15, -0.1) is 16.4 Å². The first-order chi connectivity index (χ1) is 12.5. The van der Waals surface area contributed by atoms with Crippen LogP contribution in [0.2, 0.25) is 0 Å². The average molecular weight is 364 g/mol. The Morgan fingerprint density at radius 3 is 2.46 bits per heavy atom. The van der Waals surface area contributed by atoms with Gasteiger partial charge in [0.05, 0.1) is 5.69 Å². The van der Waals surface area contributed by atoms with Crippen molar-refractivity contribution in [3.05, 3.63) is 57.0 Å². The highest BCUT2D eigenvalue weighted by atomic mass is 32.1. The van der Waals surface area contributed by atoms with Crippen LogP contribution in [0.5, 0.6) is 0 Å². The van der Waals surface area contributed by atoms with E-state index in [2.05, 4.69) is 29.1 Å². The Morgan fingerprint density at radius 2 is 1.81 bits per heavy atom. The smallest absolute Gasteiger partial charge is 0.266 e. The van der Waals surface area contributed by atoms with Crippen molar-refractivity contribution in [3.63, 3.8) is 0 Å². The maximum Gasteiger partial charge on any atom is 0.292 e. The van der Waals surface area contributed by atoms with E-state index in [-0.39, 0.29) is 5.56 Å². The van der Waals surface area contributed by atoms with Crippen LogP contribution in [0, 0.1) is 13.8 Å². The van der Waals surface area contributed by atoms with Gasteiger partial charge in [-0.1, -0.05) is 37.3 Å². The summed E-state index contributed by atoms with van der Waals surface area (Å²) < 4.78 is 2.08. The average Bonchev–Trinajstić information content (AvgIpc) is 3.01. The first kappa shape index (κ1) is 16.8. The fraction of sp³-hybridized carbons (Fsp3) is 0.300. The summed E-state index contributed by atoms with van der Waals surface area (Å²) in [6, 6.07) is 8.15. The van der Waals surface area contributed by atoms with E-state index in [1.165, 1.54) is 16.0 Å². The molecule has 0 unspecified atom stereocenters. The van der Waals surface area contributed by atoms with Gasteiger partial charge in [0, 0.05) is 11.1 Å². The molecular weight excluding hydrogens is 344 g/mol. The second-order valence-electron chi connectivity index (χ2n) is 6.48. The van der Waals surface area contributed by atoms with E-state index in [0.29, 0.717) is 10.2 Å². The van der Waals surface area contributed by atoms with Gasteiger partial charge in [-0.05, 0) is 49.4 Å². The summed E-state index contributed by atoms with van der Waals surface area (Å²) >= 11 is 1.41. The summed E-state index contributed by atoms with van der Waals surface area (Å²) in [5, 5.41) is 9.68. The Morgan fingerprint density at radius 1 is 1.12 bits per heavy atom. The maximum absolute atomic E-state index is 13.3. The molecule has 1 aromatic carbocycles. The van der Waals surface area contributed by atoms with Crippen molar-refractivity contribution in [3.8, 4) is 5.69 Å². The quantitative estimate of drug-likeness (QED) is 0.548. The molecule has 6 heteroatoms. The van der Waals surface area contributed by atoms with Gasteiger partial charge in [0.2, 0.25) is 0 Å². The van der Waals surface area contributed by atoms with Crippen LogP contribution < -0.4 is 5.56 Å². The van der Waals surface area contributed by atoms with Gasteiger partial charge < -0.3 is 0 Å².